The Morgan fingerprint density at radius 1 is 0.904 bits per heavy atom. The van der Waals surface area contributed by atoms with Crippen molar-refractivity contribution in [2.45, 2.75) is 122 Å². The van der Waals surface area contributed by atoms with E-state index in [0.717, 1.165) is 68.1 Å². The lowest BCUT2D eigenvalue weighted by Gasteiger charge is -2.40. The molecule has 3 atom stereocenters. The minimum Gasteiger partial charge on any atom is -0.494 e. The van der Waals surface area contributed by atoms with Crippen LogP contribution >= 0.6 is 0 Å². The number of ketones is 1. The predicted molar refractivity (Wildman–Crippen MR) is 195 cm³/mol. The van der Waals surface area contributed by atoms with Crippen molar-refractivity contribution in [1.82, 2.24) is 26.2 Å². The Morgan fingerprint density at radius 2 is 1.65 bits per heavy atom. The number of nitrogens with zero attached hydrogens (tertiary/aromatic N) is 1. The van der Waals surface area contributed by atoms with Gasteiger partial charge in [-0.3, -0.25) is 28.8 Å². The molecule has 0 spiro atoms. The van der Waals surface area contributed by atoms with Crippen LogP contribution in [-0.2, 0) is 48.3 Å². The number of benzene rings is 2. The number of ether oxygens (including phenoxy) is 1. The molecule has 4 N–H and O–H groups in total. The molecule has 1 aliphatic carbocycles. The maximum atomic E-state index is 14.6. The van der Waals surface area contributed by atoms with Gasteiger partial charge in [-0.2, -0.15) is 0 Å². The smallest absolute Gasteiger partial charge is 0.290 e. The van der Waals surface area contributed by atoms with Gasteiger partial charge in [-0.05, 0) is 66.8 Å². The number of nitrogens with one attached hydrogen (secondary N) is 4. The summed E-state index contributed by atoms with van der Waals surface area (Å²) in [6, 6.07) is 12.1. The van der Waals surface area contributed by atoms with Crippen molar-refractivity contribution >= 4 is 35.3 Å². The van der Waals surface area contributed by atoms with Gasteiger partial charge in [0.25, 0.3) is 5.91 Å². The summed E-state index contributed by atoms with van der Waals surface area (Å²) in [5, 5.41) is 11.0. The first kappa shape index (κ1) is 38.5. The molecule has 1 fully saturated rings. The number of fused-ring (bicyclic) bond motifs is 2. The molecule has 5 rings (SSSR count). The van der Waals surface area contributed by atoms with E-state index < -0.39 is 48.2 Å². The number of carbonyl (C=O) groups is 6. The number of amides is 5. The largest absolute Gasteiger partial charge is 0.494 e. The SMILES string of the molecule is CCCC(NC(=O)[C@@H]1Cc2ccc3cc2CN1C(=O)[C@H](C1CCCCC1)NC(=O)CCCCCCO3)C(=O)C(=O)NCC(=O)NCc1ccccc1. The van der Waals surface area contributed by atoms with Crippen molar-refractivity contribution < 1.29 is 33.5 Å². The third-order valence-electron chi connectivity index (χ3n) is 10.3. The standard InChI is InChI=1S/C40H53N5O7/c1-2-13-32(37(48)39(50)42-25-35(47)41-24-27-14-7-5-8-15-27)43-38(49)33-23-29-19-20-31-22-30(29)26-45(33)40(51)36(28-16-9-6-10-17-28)44-34(46)18-11-3-4-12-21-52-31/h5,7-8,14-15,19-20,22,28,32-33,36H,2-4,6,9-13,16-18,21,23-26H2,1H3,(H,41,47)(H,42,50)(H,43,49)(H,44,46)/t32?,33-,36-/m0/s1. The van der Waals surface area contributed by atoms with E-state index in [9.17, 15) is 28.8 Å². The maximum absolute atomic E-state index is 14.6. The molecule has 52 heavy (non-hydrogen) atoms. The van der Waals surface area contributed by atoms with Crippen LogP contribution in [0.25, 0.3) is 0 Å². The van der Waals surface area contributed by atoms with Crippen molar-refractivity contribution in [2.75, 3.05) is 13.2 Å². The molecule has 2 aromatic carbocycles. The summed E-state index contributed by atoms with van der Waals surface area (Å²) in [5.41, 5.74) is 2.64. The molecule has 0 aromatic heterocycles. The molecule has 12 heteroatoms. The van der Waals surface area contributed by atoms with Crippen molar-refractivity contribution in [3.63, 3.8) is 0 Å². The van der Waals surface area contributed by atoms with Gasteiger partial charge in [0.2, 0.25) is 29.4 Å². The molecule has 0 radical (unpaired) electrons. The minimum atomic E-state index is -1.15. The van der Waals surface area contributed by atoms with Gasteiger partial charge in [-0.1, -0.05) is 81.8 Å². The molecule has 280 valence electrons. The summed E-state index contributed by atoms with van der Waals surface area (Å²) >= 11 is 0. The Kier molecular flexibility index (Phi) is 14.2. The Morgan fingerprint density at radius 3 is 2.42 bits per heavy atom. The van der Waals surface area contributed by atoms with Gasteiger partial charge < -0.3 is 30.9 Å². The zero-order valence-electron chi connectivity index (χ0n) is 30.3. The van der Waals surface area contributed by atoms with Gasteiger partial charge in [0.1, 0.15) is 17.8 Å². The van der Waals surface area contributed by atoms with E-state index in [0.29, 0.717) is 31.6 Å². The fraction of sp³-hybridized carbons (Fsp3) is 0.550. The van der Waals surface area contributed by atoms with Crippen LogP contribution in [0.4, 0.5) is 0 Å². The summed E-state index contributed by atoms with van der Waals surface area (Å²) in [5.74, 6) is -2.68. The van der Waals surface area contributed by atoms with E-state index >= 15 is 0 Å². The summed E-state index contributed by atoms with van der Waals surface area (Å²) in [7, 11) is 0. The first-order chi connectivity index (χ1) is 25.2. The highest BCUT2D eigenvalue weighted by atomic mass is 16.5. The van der Waals surface area contributed by atoms with Crippen LogP contribution in [-0.4, -0.2) is 71.5 Å². The van der Waals surface area contributed by atoms with Crippen molar-refractivity contribution in [3.8, 4) is 5.75 Å². The number of rotatable bonds is 11. The zero-order valence-corrected chi connectivity index (χ0v) is 30.3. The predicted octanol–water partition coefficient (Wildman–Crippen LogP) is 3.63. The summed E-state index contributed by atoms with van der Waals surface area (Å²) < 4.78 is 6.03. The van der Waals surface area contributed by atoms with Crippen LogP contribution < -0.4 is 26.0 Å². The minimum absolute atomic E-state index is 0.0492. The second kappa shape index (κ2) is 19.2. The third-order valence-corrected chi connectivity index (χ3v) is 10.3. The Bertz CT molecular complexity index is 1580. The molecular weight excluding hydrogens is 662 g/mol. The highest BCUT2D eigenvalue weighted by Crippen LogP contribution is 2.32. The van der Waals surface area contributed by atoms with E-state index in [4.69, 9.17) is 4.74 Å². The Labute approximate surface area is 306 Å². The summed E-state index contributed by atoms with van der Waals surface area (Å²) in [4.78, 5) is 82.3. The monoisotopic (exact) mass is 715 g/mol. The average molecular weight is 716 g/mol. The van der Waals surface area contributed by atoms with Crippen LogP contribution in [0.3, 0.4) is 0 Å². The van der Waals surface area contributed by atoms with Crippen LogP contribution in [0.1, 0.15) is 101 Å². The van der Waals surface area contributed by atoms with Crippen molar-refractivity contribution in [1.29, 1.82) is 0 Å². The second-order valence-corrected chi connectivity index (χ2v) is 14.2. The van der Waals surface area contributed by atoms with Crippen LogP contribution in [0, 0.1) is 5.92 Å². The first-order valence-electron chi connectivity index (χ1n) is 19.0. The lowest BCUT2D eigenvalue weighted by Crippen LogP contribution is -2.61. The number of Topliss-reactive ketones (excluding diaryl/α,β-unsaturated/α-hetero) is 1. The van der Waals surface area contributed by atoms with E-state index in [1.54, 1.807) is 0 Å². The summed E-state index contributed by atoms with van der Waals surface area (Å²) in [6.45, 7) is 2.39. The van der Waals surface area contributed by atoms with Crippen LogP contribution in [0.2, 0.25) is 0 Å². The van der Waals surface area contributed by atoms with Gasteiger partial charge in [-0.15, -0.1) is 0 Å². The van der Waals surface area contributed by atoms with E-state index in [-0.39, 0.29) is 43.7 Å². The highest BCUT2D eigenvalue weighted by Gasteiger charge is 2.42. The fourth-order valence-corrected chi connectivity index (χ4v) is 7.41. The van der Waals surface area contributed by atoms with Gasteiger partial charge in [0.05, 0.1) is 19.2 Å². The van der Waals surface area contributed by atoms with Crippen LogP contribution in [0.5, 0.6) is 5.75 Å². The third kappa shape index (κ3) is 10.6. The molecular formula is C40H53N5O7. The zero-order chi connectivity index (χ0) is 36.9. The second-order valence-electron chi connectivity index (χ2n) is 14.2. The first-order valence-corrected chi connectivity index (χ1v) is 19.0. The highest BCUT2D eigenvalue weighted by molar-refractivity contribution is 6.38. The number of carbonyl (C=O) groups excluding carboxylic acids is 6. The molecule has 2 heterocycles. The molecule has 3 bridgehead atoms. The van der Waals surface area contributed by atoms with Crippen molar-refractivity contribution in [2.24, 2.45) is 5.92 Å². The Balaban J connectivity index is 1.33. The lowest BCUT2D eigenvalue weighted by atomic mass is 9.82. The van der Waals surface area contributed by atoms with E-state index in [1.807, 2.05) is 55.5 Å². The molecule has 3 aliphatic rings. The topological polar surface area (TPSA) is 163 Å². The lowest BCUT2D eigenvalue weighted by molar-refractivity contribution is -0.147. The molecule has 1 unspecified atom stereocenters. The average Bonchev–Trinajstić information content (AvgIpc) is 3.16. The normalized spacial score (nSPS) is 20.6. The maximum Gasteiger partial charge on any atom is 0.290 e. The van der Waals surface area contributed by atoms with Gasteiger partial charge in [0.15, 0.2) is 0 Å². The molecule has 0 saturated heterocycles. The van der Waals surface area contributed by atoms with E-state index in [2.05, 4.69) is 21.3 Å². The Hall–Kier alpha value is -4.74. The van der Waals surface area contributed by atoms with Crippen molar-refractivity contribution in [3.05, 3.63) is 65.2 Å². The van der Waals surface area contributed by atoms with Gasteiger partial charge in [0, 0.05) is 25.9 Å². The quantitative estimate of drug-likeness (QED) is 0.258. The van der Waals surface area contributed by atoms with E-state index in [1.165, 1.54) is 4.90 Å². The molecule has 12 nitrogen and oxygen atoms in total. The van der Waals surface area contributed by atoms with Gasteiger partial charge >= 0.3 is 0 Å². The molecule has 2 aliphatic heterocycles. The summed E-state index contributed by atoms with van der Waals surface area (Å²) in [6.07, 6.45) is 9.24. The molecule has 2 aromatic rings. The molecule has 1 saturated carbocycles. The number of hydrogen-bond acceptors (Lipinski definition) is 7. The van der Waals surface area contributed by atoms with Gasteiger partial charge in [-0.25, -0.2) is 0 Å². The fourth-order valence-electron chi connectivity index (χ4n) is 7.41. The van der Waals surface area contributed by atoms with Crippen LogP contribution in [0.15, 0.2) is 48.5 Å². The number of hydrogen-bond donors (Lipinski definition) is 4. The molecule has 5 amide bonds.